The molecule has 3 amide bonds. The van der Waals surface area contributed by atoms with Gasteiger partial charge in [0.25, 0.3) is 5.91 Å². The van der Waals surface area contributed by atoms with E-state index < -0.39 is 15.9 Å². The third-order valence-corrected chi connectivity index (χ3v) is 9.13. The van der Waals surface area contributed by atoms with E-state index in [1.807, 2.05) is 11.9 Å². The zero-order valence-electron chi connectivity index (χ0n) is 23.2. The van der Waals surface area contributed by atoms with Gasteiger partial charge >= 0.3 is 0 Å². The van der Waals surface area contributed by atoms with Gasteiger partial charge in [-0.25, -0.2) is 13.4 Å². The van der Waals surface area contributed by atoms with E-state index in [9.17, 15) is 22.8 Å². The van der Waals surface area contributed by atoms with Crippen LogP contribution < -0.4 is 15.5 Å². The molecule has 13 heteroatoms. The minimum Gasteiger partial charge on any atom is -0.347 e. The number of pyridine rings is 1. The van der Waals surface area contributed by atoms with Crippen LogP contribution in [0.5, 0.6) is 0 Å². The van der Waals surface area contributed by atoms with E-state index in [1.165, 1.54) is 6.20 Å². The van der Waals surface area contributed by atoms with Gasteiger partial charge in [0.1, 0.15) is 5.82 Å². The Hall–Kier alpha value is -3.06. The van der Waals surface area contributed by atoms with Crippen LogP contribution in [0.15, 0.2) is 42.6 Å². The van der Waals surface area contributed by atoms with E-state index in [0.29, 0.717) is 62.1 Å². The van der Waals surface area contributed by atoms with E-state index in [4.69, 9.17) is 11.6 Å². The fourth-order valence-electron chi connectivity index (χ4n) is 4.92. The molecule has 1 aromatic carbocycles. The molecule has 2 aliphatic heterocycles. The van der Waals surface area contributed by atoms with Crippen molar-refractivity contribution in [3.05, 3.63) is 53.2 Å². The molecule has 3 heterocycles. The lowest BCUT2D eigenvalue weighted by molar-refractivity contribution is -0.119. The summed E-state index contributed by atoms with van der Waals surface area (Å²) in [5.74, 6) is 0.153. The highest BCUT2D eigenvalue weighted by Gasteiger charge is 2.24. The Labute approximate surface area is 246 Å². The number of carbonyl (C=O) groups is 3. The van der Waals surface area contributed by atoms with Gasteiger partial charge in [-0.05, 0) is 56.3 Å². The van der Waals surface area contributed by atoms with Gasteiger partial charge in [-0.1, -0.05) is 11.6 Å². The molecular formula is C28H37ClN6O5S. The average molecular weight is 605 g/mol. The summed E-state index contributed by atoms with van der Waals surface area (Å²) in [7, 11) is -1.04. The normalized spacial score (nSPS) is 18.2. The number of sulfone groups is 1. The Morgan fingerprint density at radius 2 is 1.80 bits per heavy atom. The lowest BCUT2D eigenvalue weighted by Crippen LogP contribution is -2.47. The molecule has 1 aromatic heterocycles. The van der Waals surface area contributed by atoms with Gasteiger partial charge in [-0.15, -0.1) is 0 Å². The zero-order chi connectivity index (χ0) is 29.4. The van der Waals surface area contributed by atoms with Crippen molar-refractivity contribution in [2.75, 3.05) is 68.0 Å². The standard InChI is InChI=1S/C28H37ClN6O5S/c1-33(12-13-34-14-16-41(39,40)17-15-34)20-23(18-26(36)32-25-10-7-22(29)19-30-25)31-28(38)21-5-8-24(9-6-21)35-11-3-2-4-27(35)37/h5-10,19,23H,2-4,11-18,20H2,1H3,(H,31,38)(H,30,32,36). The van der Waals surface area contributed by atoms with Crippen LogP contribution in [0.4, 0.5) is 11.5 Å². The molecule has 4 rings (SSSR count). The number of likely N-dealkylation sites (N-methyl/N-ethyl adjacent to an activating group) is 1. The first kappa shape index (κ1) is 30.9. The molecule has 222 valence electrons. The van der Waals surface area contributed by atoms with Crippen LogP contribution in [0.25, 0.3) is 0 Å². The van der Waals surface area contributed by atoms with Crippen molar-refractivity contribution >= 4 is 50.7 Å². The average Bonchev–Trinajstić information content (AvgIpc) is 2.94. The summed E-state index contributed by atoms with van der Waals surface area (Å²) in [5, 5.41) is 6.19. The molecule has 0 saturated carbocycles. The summed E-state index contributed by atoms with van der Waals surface area (Å²) >= 11 is 5.89. The smallest absolute Gasteiger partial charge is 0.251 e. The zero-order valence-corrected chi connectivity index (χ0v) is 24.8. The Bertz CT molecular complexity index is 1310. The van der Waals surface area contributed by atoms with Crippen molar-refractivity contribution in [1.82, 2.24) is 20.1 Å². The molecule has 0 radical (unpaired) electrons. The third-order valence-electron chi connectivity index (χ3n) is 7.29. The van der Waals surface area contributed by atoms with Crippen LogP contribution in [-0.2, 0) is 19.4 Å². The first-order valence-corrected chi connectivity index (χ1v) is 16.0. The summed E-state index contributed by atoms with van der Waals surface area (Å²) in [6.07, 6.45) is 3.84. The highest BCUT2D eigenvalue weighted by molar-refractivity contribution is 7.91. The van der Waals surface area contributed by atoms with Crippen LogP contribution in [0.3, 0.4) is 0 Å². The monoisotopic (exact) mass is 604 g/mol. The summed E-state index contributed by atoms with van der Waals surface area (Å²) in [4.78, 5) is 48.3. The minimum atomic E-state index is -2.95. The highest BCUT2D eigenvalue weighted by Crippen LogP contribution is 2.21. The second-order valence-electron chi connectivity index (χ2n) is 10.6. The van der Waals surface area contributed by atoms with Crippen LogP contribution in [-0.4, -0.2) is 105 Å². The van der Waals surface area contributed by atoms with Crippen molar-refractivity contribution in [3.8, 4) is 0 Å². The molecule has 0 bridgehead atoms. The molecule has 2 aliphatic rings. The molecule has 41 heavy (non-hydrogen) atoms. The van der Waals surface area contributed by atoms with Crippen LogP contribution in [0, 0.1) is 0 Å². The van der Waals surface area contributed by atoms with E-state index in [0.717, 1.165) is 18.5 Å². The lowest BCUT2D eigenvalue weighted by Gasteiger charge is -2.30. The number of carbonyl (C=O) groups excluding carboxylic acids is 3. The molecule has 11 nitrogen and oxygen atoms in total. The van der Waals surface area contributed by atoms with Gasteiger partial charge in [-0.3, -0.25) is 14.4 Å². The molecule has 2 aromatic rings. The number of hydrogen-bond donors (Lipinski definition) is 2. The fourth-order valence-corrected chi connectivity index (χ4v) is 6.31. The number of halogens is 1. The summed E-state index contributed by atoms with van der Waals surface area (Å²) < 4.78 is 23.4. The van der Waals surface area contributed by atoms with Gasteiger partial charge < -0.3 is 25.3 Å². The van der Waals surface area contributed by atoms with Crippen molar-refractivity contribution in [3.63, 3.8) is 0 Å². The molecular weight excluding hydrogens is 568 g/mol. The molecule has 1 atom stereocenters. The van der Waals surface area contributed by atoms with Gasteiger partial charge in [0.05, 0.1) is 22.6 Å². The number of amides is 3. The van der Waals surface area contributed by atoms with Crippen LogP contribution >= 0.6 is 11.6 Å². The number of anilines is 2. The maximum absolute atomic E-state index is 13.2. The predicted octanol–water partition coefficient (Wildman–Crippen LogP) is 2.04. The quantitative estimate of drug-likeness (QED) is 0.398. The third kappa shape index (κ3) is 9.49. The number of benzene rings is 1. The molecule has 1 unspecified atom stereocenters. The summed E-state index contributed by atoms with van der Waals surface area (Å²) in [6.45, 7) is 3.41. The van der Waals surface area contributed by atoms with E-state index in [-0.39, 0.29) is 35.6 Å². The number of hydrogen-bond acceptors (Lipinski definition) is 8. The molecule has 2 saturated heterocycles. The van der Waals surface area contributed by atoms with Gasteiger partial charge in [0.15, 0.2) is 9.84 Å². The van der Waals surface area contributed by atoms with Crippen LogP contribution in [0.1, 0.15) is 36.0 Å². The first-order valence-electron chi connectivity index (χ1n) is 13.8. The Kier molecular flexibility index (Phi) is 10.7. The van der Waals surface area contributed by atoms with Crippen molar-refractivity contribution in [2.45, 2.75) is 31.7 Å². The second kappa shape index (κ2) is 14.2. The number of nitrogens with zero attached hydrogens (tertiary/aromatic N) is 4. The van der Waals surface area contributed by atoms with Gasteiger partial charge in [0, 0.05) is 69.6 Å². The molecule has 2 fully saturated rings. The van der Waals surface area contributed by atoms with Gasteiger partial charge in [0.2, 0.25) is 11.8 Å². The van der Waals surface area contributed by atoms with E-state index in [2.05, 4.69) is 20.5 Å². The Morgan fingerprint density at radius 1 is 1.07 bits per heavy atom. The molecule has 2 N–H and O–H groups in total. The highest BCUT2D eigenvalue weighted by atomic mass is 35.5. The molecule has 0 spiro atoms. The van der Waals surface area contributed by atoms with E-state index in [1.54, 1.807) is 41.3 Å². The topological polar surface area (TPSA) is 132 Å². The Balaban J connectivity index is 1.37. The minimum absolute atomic E-state index is 0.0166. The lowest BCUT2D eigenvalue weighted by atomic mass is 10.1. The largest absolute Gasteiger partial charge is 0.347 e. The van der Waals surface area contributed by atoms with Crippen molar-refractivity contribution in [2.24, 2.45) is 0 Å². The predicted molar refractivity (Wildman–Crippen MR) is 159 cm³/mol. The van der Waals surface area contributed by atoms with Gasteiger partial charge in [-0.2, -0.15) is 0 Å². The SMILES string of the molecule is CN(CCN1CCS(=O)(=O)CC1)CC(CC(=O)Nc1ccc(Cl)cn1)NC(=O)c1ccc(N2CCCCC2=O)cc1. The van der Waals surface area contributed by atoms with Crippen LogP contribution in [0.2, 0.25) is 5.02 Å². The van der Waals surface area contributed by atoms with Crippen molar-refractivity contribution in [1.29, 1.82) is 0 Å². The van der Waals surface area contributed by atoms with E-state index >= 15 is 0 Å². The fraction of sp³-hybridized carbons (Fsp3) is 0.500. The second-order valence-corrected chi connectivity index (χ2v) is 13.3. The number of piperidine rings is 1. The number of aromatic nitrogens is 1. The first-order chi connectivity index (χ1) is 19.6. The summed E-state index contributed by atoms with van der Waals surface area (Å²) in [5.41, 5.74) is 1.20. The maximum atomic E-state index is 13.2. The number of nitrogens with one attached hydrogen (secondary N) is 2. The summed E-state index contributed by atoms with van der Waals surface area (Å²) in [6, 6.07) is 9.65. The number of rotatable bonds is 11. The maximum Gasteiger partial charge on any atom is 0.251 e. The van der Waals surface area contributed by atoms with Crippen molar-refractivity contribution < 1.29 is 22.8 Å². The molecule has 0 aliphatic carbocycles. The Morgan fingerprint density at radius 3 is 2.46 bits per heavy atom.